The van der Waals surface area contributed by atoms with E-state index in [-0.39, 0.29) is 11.9 Å². The Morgan fingerprint density at radius 3 is 2.69 bits per heavy atom. The topological polar surface area (TPSA) is 46.5 Å². The Kier molecular flexibility index (Phi) is 4.45. The van der Waals surface area contributed by atoms with Crippen molar-refractivity contribution < 1.29 is 14.3 Å². The molecule has 0 aliphatic carbocycles. The van der Waals surface area contributed by atoms with Gasteiger partial charge in [-0.25, -0.2) is 0 Å². The molecule has 0 radical (unpaired) electrons. The number of carbonyl (C=O) groups is 1. The zero-order valence-corrected chi connectivity index (χ0v) is 9.92. The summed E-state index contributed by atoms with van der Waals surface area (Å²) >= 11 is 0. The van der Waals surface area contributed by atoms with Crippen molar-refractivity contribution in [3.8, 4) is 0 Å². The Morgan fingerprint density at radius 1 is 1.62 bits per heavy atom. The van der Waals surface area contributed by atoms with Gasteiger partial charge in [-0.1, -0.05) is 13.8 Å². The van der Waals surface area contributed by atoms with Crippen molar-refractivity contribution in [2.75, 3.05) is 6.61 Å². The van der Waals surface area contributed by atoms with Crippen molar-refractivity contribution in [1.82, 2.24) is 0 Å². The third kappa shape index (κ3) is 7.99. The molecule has 4 heteroatoms. The smallest absolute Gasteiger partial charge is 0.308 e. The summed E-state index contributed by atoms with van der Waals surface area (Å²) < 4.78 is 11.9. The van der Waals surface area contributed by atoms with Gasteiger partial charge in [0, 0.05) is 0 Å². The van der Waals surface area contributed by atoms with Crippen molar-refractivity contribution in [1.29, 1.82) is 1.43 Å². The Balaban J connectivity index is 3.52. The van der Waals surface area contributed by atoms with Crippen LogP contribution in [0, 0.1) is 5.92 Å². The van der Waals surface area contributed by atoms with Crippen LogP contribution in [0.25, 0.3) is 0 Å². The highest BCUT2D eigenvalue weighted by Gasteiger charge is 2.16. The lowest BCUT2D eigenvalue weighted by molar-refractivity contribution is -0.147. The van der Waals surface area contributed by atoms with Gasteiger partial charge >= 0.3 is 5.97 Å². The van der Waals surface area contributed by atoms with Crippen LogP contribution in [-0.4, -0.2) is 27.1 Å². The minimum atomic E-state index is -1.80. The summed E-state index contributed by atoms with van der Waals surface area (Å²) in [6.07, 6.45) is 0.788. The van der Waals surface area contributed by atoms with E-state index in [1.54, 1.807) is 0 Å². The standard InChI is InChI=1S/C9H20O3Si/c1-8(2)9(10)12-6-5-7-13(3,4)11/h8,11H,5-7H2,1-4H3/i11T. The van der Waals surface area contributed by atoms with Crippen LogP contribution >= 0.6 is 0 Å². The fraction of sp³-hybridized carbons (Fsp3) is 0.889. The van der Waals surface area contributed by atoms with Crippen molar-refractivity contribution in [3.05, 3.63) is 0 Å². The summed E-state index contributed by atoms with van der Waals surface area (Å²) in [6, 6.07) is 0.849. The predicted molar refractivity (Wildman–Crippen MR) is 54.9 cm³/mol. The lowest BCUT2D eigenvalue weighted by atomic mass is 10.2. The summed E-state index contributed by atoms with van der Waals surface area (Å²) in [5.41, 5.74) is 0. The monoisotopic (exact) mass is 206 g/mol. The molecule has 1 N–H and O–H groups in total. The second-order valence-electron chi connectivity index (χ2n) is 4.19. The van der Waals surface area contributed by atoms with E-state index in [9.17, 15) is 4.79 Å². The Hall–Kier alpha value is -0.353. The molecular weight excluding hydrogens is 184 g/mol. The first kappa shape index (κ1) is 10.7. The van der Waals surface area contributed by atoms with Gasteiger partial charge in [0.05, 0.1) is 12.5 Å². The van der Waals surface area contributed by atoms with Gasteiger partial charge < -0.3 is 9.53 Å². The minimum Gasteiger partial charge on any atom is -0.465 e. The molecule has 0 aromatic rings. The quantitative estimate of drug-likeness (QED) is 0.409. The average molecular weight is 206 g/mol. The van der Waals surface area contributed by atoms with Crippen LogP contribution < -0.4 is 0 Å². The first-order valence-corrected chi connectivity index (χ1v) is 7.81. The van der Waals surface area contributed by atoms with Gasteiger partial charge in [-0.15, -0.1) is 0 Å². The molecule has 0 aliphatic heterocycles. The van der Waals surface area contributed by atoms with Gasteiger partial charge in [-0.3, -0.25) is 4.79 Å². The van der Waals surface area contributed by atoms with Crippen LogP contribution in [0.1, 0.15) is 20.3 Å². The number of hydrogen-bond donors (Lipinski definition) is 1. The second-order valence-corrected chi connectivity index (χ2v) is 8.20. The molecule has 0 unspecified atom stereocenters. The van der Waals surface area contributed by atoms with Gasteiger partial charge in [0.1, 0.15) is 0 Å². The second kappa shape index (κ2) is 5.39. The third-order valence-corrected chi connectivity index (χ3v) is 3.20. The highest BCUT2D eigenvalue weighted by molar-refractivity contribution is 6.69. The number of hydrogen-bond acceptors (Lipinski definition) is 3. The van der Waals surface area contributed by atoms with E-state index in [1.165, 1.54) is 0 Å². The highest BCUT2D eigenvalue weighted by Crippen LogP contribution is 2.08. The average Bonchev–Trinajstić information content (AvgIpc) is 2.12. The molecule has 0 aromatic carbocycles. The molecule has 0 aliphatic rings. The van der Waals surface area contributed by atoms with Gasteiger partial charge in [-0.05, 0) is 25.6 Å². The molecule has 0 fully saturated rings. The van der Waals surface area contributed by atoms with Gasteiger partial charge in [-0.2, -0.15) is 0 Å². The summed E-state index contributed by atoms with van der Waals surface area (Å²) in [6.45, 7) is 8.02. The maximum absolute atomic E-state index is 11.1. The molecule has 3 nitrogen and oxygen atoms in total. The maximum Gasteiger partial charge on any atom is 0.308 e. The van der Waals surface area contributed by atoms with E-state index in [4.69, 9.17) is 6.17 Å². The summed E-state index contributed by atoms with van der Waals surface area (Å²) in [7, 11) is -1.80. The number of ether oxygens (including phenoxy) is 1. The van der Waals surface area contributed by atoms with E-state index in [0.29, 0.717) is 6.61 Å². The molecular formula is C9H20O3Si. The number of rotatable bonds is 6. The molecule has 0 atom stereocenters. The van der Waals surface area contributed by atoms with Crippen LogP contribution in [0.5, 0.6) is 0 Å². The maximum atomic E-state index is 11.1. The summed E-state index contributed by atoms with van der Waals surface area (Å²) in [5.74, 6) is -0.219. The predicted octanol–water partition coefficient (Wildman–Crippen LogP) is 1.77. The molecule has 0 rings (SSSR count). The normalized spacial score (nSPS) is 12.8. The van der Waals surface area contributed by atoms with Crippen molar-refractivity contribution in [2.45, 2.75) is 39.4 Å². The first-order chi connectivity index (χ1) is 6.39. The van der Waals surface area contributed by atoms with Crippen molar-refractivity contribution >= 4 is 14.3 Å². The molecule has 13 heavy (non-hydrogen) atoms. The first-order valence-electron chi connectivity index (χ1n) is 5.11. The fourth-order valence-electron chi connectivity index (χ4n) is 0.837. The van der Waals surface area contributed by atoms with Gasteiger partial charge in [0.2, 0.25) is 0 Å². The fourth-order valence-corrected chi connectivity index (χ4v) is 1.83. The van der Waals surface area contributed by atoms with E-state index < -0.39 is 8.32 Å². The Labute approximate surface area is 82.7 Å². The van der Waals surface area contributed by atoms with Crippen LogP contribution in [0.4, 0.5) is 0 Å². The van der Waals surface area contributed by atoms with E-state index >= 15 is 0 Å². The molecule has 0 saturated carbocycles. The number of esters is 1. The Bertz CT molecular complexity index is 183. The van der Waals surface area contributed by atoms with Crippen LogP contribution in [0.3, 0.4) is 0 Å². The van der Waals surface area contributed by atoms with E-state index in [1.807, 2.05) is 26.9 Å². The molecule has 0 spiro atoms. The van der Waals surface area contributed by atoms with Crippen molar-refractivity contribution in [3.63, 3.8) is 0 Å². The van der Waals surface area contributed by atoms with Gasteiger partial charge in [0.25, 0.3) is 0 Å². The van der Waals surface area contributed by atoms with Crippen LogP contribution in [0.2, 0.25) is 19.1 Å². The lowest BCUT2D eigenvalue weighted by Gasteiger charge is -2.13. The number of carbonyl (C=O) groups excluding carboxylic acids is 1. The van der Waals surface area contributed by atoms with E-state index in [0.717, 1.165) is 12.5 Å². The molecule has 78 valence electrons. The van der Waals surface area contributed by atoms with Crippen LogP contribution in [0.15, 0.2) is 0 Å². The Morgan fingerprint density at radius 2 is 2.23 bits per heavy atom. The third-order valence-electron chi connectivity index (χ3n) is 1.64. The van der Waals surface area contributed by atoms with Crippen LogP contribution in [-0.2, 0) is 9.53 Å². The zero-order chi connectivity index (χ0) is 11.2. The lowest BCUT2D eigenvalue weighted by Crippen LogP contribution is -2.25. The minimum absolute atomic E-state index is 0.0623. The highest BCUT2D eigenvalue weighted by atomic mass is 28.4. The SMILES string of the molecule is [3H]O[Si](C)(C)CCCOC(=O)C(C)C. The molecule has 0 heterocycles. The largest absolute Gasteiger partial charge is 0.465 e. The molecule has 0 saturated heterocycles. The van der Waals surface area contributed by atoms with E-state index in [2.05, 4.69) is 4.80 Å². The summed E-state index contributed by atoms with van der Waals surface area (Å²) in [5, 5.41) is 0. The molecule has 0 amide bonds. The molecule has 0 bridgehead atoms. The van der Waals surface area contributed by atoms with Gasteiger partial charge in [0.15, 0.2) is 9.75 Å². The molecule has 0 aromatic heterocycles. The zero-order valence-electron chi connectivity index (χ0n) is 9.92. The summed E-state index contributed by atoms with van der Waals surface area (Å²) in [4.78, 5) is 15.7. The van der Waals surface area contributed by atoms with Crippen molar-refractivity contribution in [2.24, 2.45) is 5.92 Å².